The van der Waals surface area contributed by atoms with Crippen LogP contribution in [0.25, 0.3) is 0 Å². The molecular weight excluding hydrogens is 220 g/mol. The molecule has 0 unspecified atom stereocenters. The van der Waals surface area contributed by atoms with Crippen molar-refractivity contribution in [1.29, 1.82) is 0 Å². The van der Waals surface area contributed by atoms with Crippen LogP contribution in [0.15, 0.2) is 17.1 Å². The van der Waals surface area contributed by atoms with Crippen LogP contribution in [-0.2, 0) is 11.3 Å². The van der Waals surface area contributed by atoms with E-state index in [9.17, 15) is 4.79 Å². The second-order valence-corrected chi connectivity index (χ2v) is 4.02. The monoisotopic (exact) mass is 238 g/mol. The van der Waals surface area contributed by atoms with E-state index in [0.717, 1.165) is 25.2 Å². The molecule has 6 heteroatoms. The highest BCUT2D eigenvalue weighted by molar-refractivity contribution is 5.43. The number of aromatic nitrogens is 2. The smallest absolute Gasteiger partial charge is 0.268 e. The molecule has 0 saturated carbocycles. The molecule has 0 spiro atoms. The zero-order valence-electron chi connectivity index (χ0n) is 9.84. The molecule has 0 radical (unpaired) electrons. The number of nitrogens with zero attached hydrogens (tertiary/aromatic N) is 3. The molecule has 1 aromatic heterocycles. The van der Waals surface area contributed by atoms with Gasteiger partial charge in [-0.15, -0.1) is 0 Å². The summed E-state index contributed by atoms with van der Waals surface area (Å²) >= 11 is 0. The fourth-order valence-corrected chi connectivity index (χ4v) is 1.83. The molecule has 17 heavy (non-hydrogen) atoms. The number of hydrogen-bond donors (Lipinski definition) is 1. The summed E-state index contributed by atoms with van der Waals surface area (Å²) in [5, 5.41) is 4.16. The highest BCUT2D eigenvalue weighted by atomic mass is 16.5. The van der Waals surface area contributed by atoms with Crippen molar-refractivity contribution in [2.75, 3.05) is 37.7 Å². The lowest BCUT2D eigenvalue weighted by atomic mass is 10.3. The van der Waals surface area contributed by atoms with E-state index in [1.54, 1.807) is 12.3 Å². The van der Waals surface area contributed by atoms with Crippen LogP contribution in [0, 0.1) is 0 Å². The molecule has 0 aromatic carbocycles. The first kappa shape index (κ1) is 12.1. The van der Waals surface area contributed by atoms with Gasteiger partial charge in [-0.2, -0.15) is 5.10 Å². The lowest BCUT2D eigenvalue weighted by molar-refractivity contribution is 0.122. The summed E-state index contributed by atoms with van der Waals surface area (Å²) in [5.74, 6) is 0. The number of morpholine rings is 1. The number of anilines is 1. The lowest BCUT2D eigenvalue weighted by Gasteiger charge is -2.28. The summed E-state index contributed by atoms with van der Waals surface area (Å²) in [6, 6.07) is 1.63. The third kappa shape index (κ3) is 3.04. The number of nitrogens with two attached hydrogens (primary N) is 1. The fraction of sp³-hybridized carbons (Fsp3) is 0.636. The van der Waals surface area contributed by atoms with E-state index in [2.05, 4.69) is 10.00 Å². The molecule has 0 atom stereocenters. The summed E-state index contributed by atoms with van der Waals surface area (Å²) in [7, 11) is 0. The predicted molar refractivity (Wildman–Crippen MR) is 65.2 cm³/mol. The van der Waals surface area contributed by atoms with Gasteiger partial charge in [0.05, 0.1) is 25.1 Å². The molecule has 0 bridgehead atoms. The van der Waals surface area contributed by atoms with Gasteiger partial charge in [-0.1, -0.05) is 0 Å². The van der Waals surface area contributed by atoms with E-state index < -0.39 is 0 Å². The minimum absolute atomic E-state index is 0.0672. The van der Waals surface area contributed by atoms with Crippen molar-refractivity contribution in [2.24, 2.45) is 5.73 Å². The molecule has 1 aliphatic heterocycles. The van der Waals surface area contributed by atoms with Gasteiger partial charge in [-0.3, -0.25) is 4.79 Å². The third-order valence-corrected chi connectivity index (χ3v) is 2.81. The average Bonchev–Trinajstić information content (AvgIpc) is 2.38. The van der Waals surface area contributed by atoms with Crippen LogP contribution in [0.5, 0.6) is 0 Å². The summed E-state index contributed by atoms with van der Waals surface area (Å²) in [6.07, 6.45) is 2.51. The third-order valence-electron chi connectivity index (χ3n) is 2.81. The molecule has 2 N–H and O–H groups in total. The molecule has 1 aromatic rings. The summed E-state index contributed by atoms with van der Waals surface area (Å²) in [6.45, 7) is 4.19. The Kier molecular flexibility index (Phi) is 4.11. The summed E-state index contributed by atoms with van der Waals surface area (Å²) in [4.78, 5) is 13.9. The summed E-state index contributed by atoms with van der Waals surface area (Å²) < 4.78 is 6.72. The van der Waals surface area contributed by atoms with Gasteiger partial charge >= 0.3 is 0 Å². The first-order valence-electron chi connectivity index (χ1n) is 5.91. The molecule has 1 saturated heterocycles. The highest BCUT2D eigenvalue weighted by Gasteiger charge is 2.12. The van der Waals surface area contributed by atoms with E-state index in [1.807, 2.05) is 0 Å². The van der Waals surface area contributed by atoms with E-state index in [0.29, 0.717) is 26.3 Å². The van der Waals surface area contributed by atoms with Crippen LogP contribution in [0.3, 0.4) is 0 Å². The van der Waals surface area contributed by atoms with E-state index in [4.69, 9.17) is 10.5 Å². The lowest BCUT2D eigenvalue weighted by Crippen LogP contribution is -2.37. The van der Waals surface area contributed by atoms with Crippen LogP contribution >= 0.6 is 0 Å². The summed E-state index contributed by atoms with van der Waals surface area (Å²) in [5.41, 5.74) is 6.22. The minimum Gasteiger partial charge on any atom is -0.378 e. The van der Waals surface area contributed by atoms with Gasteiger partial charge < -0.3 is 15.4 Å². The van der Waals surface area contributed by atoms with E-state index in [-0.39, 0.29) is 5.56 Å². The molecule has 6 nitrogen and oxygen atoms in total. The predicted octanol–water partition coefficient (Wildman–Crippen LogP) is -0.571. The standard InChI is InChI=1S/C11H18N4O2/c12-2-1-3-15-11(16)8-10(9-13-15)14-4-6-17-7-5-14/h8-9H,1-7,12H2. The Morgan fingerprint density at radius 1 is 1.41 bits per heavy atom. The van der Waals surface area contributed by atoms with Crippen molar-refractivity contribution in [3.05, 3.63) is 22.6 Å². The Bertz CT molecular complexity index is 412. The molecule has 1 aliphatic rings. The SMILES string of the molecule is NCCCn1ncc(N2CCOCC2)cc1=O. The molecule has 94 valence electrons. The van der Waals surface area contributed by atoms with Crippen LogP contribution in [0.1, 0.15) is 6.42 Å². The molecule has 1 fully saturated rings. The van der Waals surface area contributed by atoms with Gasteiger partial charge in [0.25, 0.3) is 5.56 Å². The van der Waals surface area contributed by atoms with Crippen LogP contribution in [0.4, 0.5) is 5.69 Å². The van der Waals surface area contributed by atoms with Crippen molar-refractivity contribution < 1.29 is 4.74 Å². The second-order valence-electron chi connectivity index (χ2n) is 4.02. The van der Waals surface area contributed by atoms with Crippen molar-refractivity contribution in [3.63, 3.8) is 0 Å². The first-order valence-corrected chi connectivity index (χ1v) is 5.91. The molecule has 2 heterocycles. The van der Waals surface area contributed by atoms with Crippen LogP contribution in [0.2, 0.25) is 0 Å². The normalized spacial score (nSPS) is 16.2. The van der Waals surface area contributed by atoms with Gasteiger partial charge in [0.15, 0.2) is 0 Å². The Morgan fingerprint density at radius 2 is 2.18 bits per heavy atom. The second kappa shape index (κ2) is 5.79. The van der Waals surface area contributed by atoms with Gasteiger partial charge in [-0.25, -0.2) is 4.68 Å². The molecule has 0 aliphatic carbocycles. The van der Waals surface area contributed by atoms with Crippen molar-refractivity contribution in [3.8, 4) is 0 Å². The number of hydrogen-bond acceptors (Lipinski definition) is 5. The van der Waals surface area contributed by atoms with E-state index >= 15 is 0 Å². The van der Waals surface area contributed by atoms with Crippen molar-refractivity contribution >= 4 is 5.69 Å². The van der Waals surface area contributed by atoms with Crippen molar-refractivity contribution in [2.45, 2.75) is 13.0 Å². The maximum Gasteiger partial charge on any atom is 0.268 e. The fourth-order valence-electron chi connectivity index (χ4n) is 1.83. The van der Waals surface area contributed by atoms with Crippen molar-refractivity contribution in [1.82, 2.24) is 9.78 Å². The van der Waals surface area contributed by atoms with E-state index in [1.165, 1.54) is 4.68 Å². The maximum absolute atomic E-state index is 11.8. The highest BCUT2D eigenvalue weighted by Crippen LogP contribution is 2.11. The topological polar surface area (TPSA) is 73.4 Å². The Hall–Kier alpha value is -1.40. The quantitative estimate of drug-likeness (QED) is 0.760. The van der Waals surface area contributed by atoms with Crippen LogP contribution < -0.4 is 16.2 Å². The molecule has 2 rings (SSSR count). The Balaban J connectivity index is 2.09. The Morgan fingerprint density at radius 3 is 2.82 bits per heavy atom. The number of rotatable bonds is 4. The zero-order chi connectivity index (χ0) is 12.1. The zero-order valence-corrected chi connectivity index (χ0v) is 9.84. The molecule has 0 amide bonds. The average molecular weight is 238 g/mol. The van der Waals surface area contributed by atoms with Gasteiger partial charge in [0.2, 0.25) is 0 Å². The van der Waals surface area contributed by atoms with Crippen LogP contribution in [-0.4, -0.2) is 42.6 Å². The van der Waals surface area contributed by atoms with Gasteiger partial charge in [0.1, 0.15) is 0 Å². The number of ether oxygens (including phenoxy) is 1. The Labute approximate surface area is 100.0 Å². The van der Waals surface area contributed by atoms with Gasteiger partial charge in [-0.05, 0) is 13.0 Å². The molecular formula is C11H18N4O2. The maximum atomic E-state index is 11.8. The number of aryl methyl sites for hydroxylation is 1. The van der Waals surface area contributed by atoms with Gasteiger partial charge in [0, 0.05) is 25.7 Å². The minimum atomic E-state index is -0.0672. The first-order chi connectivity index (χ1) is 8.31. The largest absolute Gasteiger partial charge is 0.378 e.